The predicted molar refractivity (Wildman–Crippen MR) is 96.7 cm³/mol. The van der Waals surface area contributed by atoms with Gasteiger partial charge in [0.05, 0.1) is 0 Å². The van der Waals surface area contributed by atoms with Crippen LogP contribution in [0.1, 0.15) is 39.1 Å². The van der Waals surface area contributed by atoms with E-state index in [-0.39, 0.29) is 17.7 Å². The van der Waals surface area contributed by atoms with Gasteiger partial charge in [-0.1, -0.05) is 42.5 Å². The number of hydrogen-bond donors (Lipinski definition) is 1. The molecule has 3 fully saturated rings. The standard InChI is InChI=1S/C21H22N2O2/c24-20(16-4-2-1-3-5-16)17-6-8-18(9-7-17)21(25)22-19-14-23-12-10-15(19)11-13-23/h1-9,15,19H,10-14H2,(H,22,25). The van der Waals surface area contributed by atoms with E-state index in [1.54, 1.807) is 36.4 Å². The van der Waals surface area contributed by atoms with Crippen LogP contribution in [0.15, 0.2) is 54.6 Å². The van der Waals surface area contributed by atoms with Crippen molar-refractivity contribution in [3.05, 3.63) is 71.3 Å². The molecular formula is C21H22N2O2. The van der Waals surface area contributed by atoms with Crippen molar-refractivity contribution in [3.63, 3.8) is 0 Å². The van der Waals surface area contributed by atoms with Crippen LogP contribution in [0.5, 0.6) is 0 Å². The highest BCUT2D eigenvalue weighted by molar-refractivity contribution is 6.09. The molecule has 128 valence electrons. The maximum atomic E-state index is 12.5. The summed E-state index contributed by atoms with van der Waals surface area (Å²) in [5, 5.41) is 3.18. The van der Waals surface area contributed by atoms with Crippen LogP contribution in [0.3, 0.4) is 0 Å². The number of rotatable bonds is 4. The fourth-order valence-electron chi connectivity index (χ4n) is 3.91. The number of carbonyl (C=O) groups excluding carboxylic acids is 2. The molecule has 3 saturated heterocycles. The Hall–Kier alpha value is -2.46. The first-order chi connectivity index (χ1) is 12.2. The van der Waals surface area contributed by atoms with Crippen LogP contribution in [-0.2, 0) is 0 Å². The molecule has 0 saturated carbocycles. The van der Waals surface area contributed by atoms with Gasteiger partial charge in [0, 0.05) is 29.3 Å². The quantitative estimate of drug-likeness (QED) is 0.875. The van der Waals surface area contributed by atoms with E-state index in [1.807, 2.05) is 18.2 Å². The lowest BCUT2D eigenvalue weighted by Gasteiger charge is -2.44. The normalized spacial score (nSPS) is 24.7. The van der Waals surface area contributed by atoms with Crippen LogP contribution in [0.4, 0.5) is 0 Å². The van der Waals surface area contributed by atoms with Gasteiger partial charge in [-0.25, -0.2) is 0 Å². The first-order valence-electron chi connectivity index (χ1n) is 8.94. The SMILES string of the molecule is O=C(NC1CN2CCC1CC2)c1ccc(C(=O)c2ccccc2)cc1. The Bertz CT molecular complexity index is 762. The molecule has 5 rings (SSSR count). The van der Waals surface area contributed by atoms with E-state index in [0.717, 1.165) is 19.6 Å². The Labute approximate surface area is 147 Å². The number of nitrogens with zero attached hydrogens (tertiary/aromatic N) is 1. The molecule has 2 aromatic rings. The van der Waals surface area contributed by atoms with E-state index in [4.69, 9.17) is 0 Å². The maximum absolute atomic E-state index is 12.5. The maximum Gasteiger partial charge on any atom is 0.251 e. The van der Waals surface area contributed by atoms with Crippen LogP contribution in [0.2, 0.25) is 0 Å². The number of piperidine rings is 3. The van der Waals surface area contributed by atoms with Gasteiger partial charge in [-0.15, -0.1) is 0 Å². The van der Waals surface area contributed by atoms with Crippen molar-refractivity contribution in [2.75, 3.05) is 19.6 Å². The summed E-state index contributed by atoms with van der Waals surface area (Å²) in [7, 11) is 0. The molecule has 1 unspecified atom stereocenters. The van der Waals surface area contributed by atoms with Gasteiger partial charge >= 0.3 is 0 Å². The zero-order valence-corrected chi connectivity index (χ0v) is 14.2. The van der Waals surface area contributed by atoms with Crippen molar-refractivity contribution >= 4 is 11.7 Å². The Morgan fingerprint density at radius 3 is 2.04 bits per heavy atom. The summed E-state index contributed by atoms with van der Waals surface area (Å²) in [6.45, 7) is 3.28. The summed E-state index contributed by atoms with van der Waals surface area (Å²) < 4.78 is 0. The first kappa shape index (κ1) is 16.0. The Morgan fingerprint density at radius 2 is 1.44 bits per heavy atom. The average Bonchev–Trinajstić information content (AvgIpc) is 2.69. The molecule has 3 aliphatic rings. The third-order valence-electron chi connectivity index (χ3n) is 5.42. The molecule has 0 radical (unpaired) electrons. The highest BCUT2D eigenvalue weighted by atomic mass is 16.1. The van der Waals surface area contributed by atoms with Gasteiger partial charge in [0.1, 0.15) is 0 Å². The summed E-state index contributed by atoms with van der Waals surface area (Å²) in [6, 6.07) is 16.4. The average molecular weight is 334 g/mol. The lowest BCUT2D eigenvalue weighted by atomic mass is 9.84. The van der Waals surface area contributed by atoms with Gasteiger partial charge in [0.25, 0.3) is 5.91 Å². The Kier molecular flexibility index (Phi) is 4.36. The monoisotopic (exact) mass is 334 g/mol. The molecule has 1 amide bonds. The van der Waals surface area contributed by atoms with Crippen molar-refractivity contribution in [1.82, 2.24) is 10.2 Å². The number of fused-ring (bicyclic) bond motifs is 3. The molecule has 3 heterocycles. The second kappa shape index (κ2) is 6.81. The van der Waals surface area contributed by atoms with Crippen molar-refractivity contribution in [3.8, 4) is 0 Å². The highest BCUT2D eigenvalue weighted by Gasteiger charge is 2.34. The molecule has 2 aromatic carbocycles. The van der Waals surface area contributed by atoms with Gasteiger partial charge in [-0.3, -0.25) is 9.59 Å². The zero-order valence-electron chi connectivity index (χ0n) is 14.2. The highest BCUT2D eigenvalue weighted by Crippen LogP contribution is 2.27. The van der Waals surface area contributed by atoms with Crippen molar-refractivity contribution in [2.24, 2.45) is 5.92 Å². The fourth-order valence-corrected chi connectivity index (χ4v) is 3.91. The smallest absolute Gasteiger partial charge is 0.251 e. The lowest BCUT2D eigenvalue weighted by Crippen LogP contribution is -2.57. The van der Waals surface area contributed by atoms with Gasteiger partial charge in [-0.05, 0) is 44.0 Å². The molecular weight excluding hydrogens is 312 g/mol. The zero-order chi connectivity index (χ0) is 17.2. The summed E-state index contributed by atoms with van der Waals surface area (Å²) in [5.74, 6) is 0.537. The molecule has 0 aromatic heterocycles. The minimum atomic E-state index is -0.0440. The van der Waals surface area contributed by atoms with E-state index in [9.17, 15) is 9.59 Å². The Balaban J connectivity index is 1.43. The van der Waals surface area contributed by atoms with Crippen LogP contribution < -0.4 is 5.32 Å². The fraction of sp³-hybridized carbons (Fsp3) is 0.333. The molecule has 3 aliphatic heterocycles. The molecule has 0 aliphatic carbocycles. The van der Waals surface area contributed by atoms with E-state index in [1.165, 1.54) is 12.8 Å². The number of benzene rings is 2. The van der Waals surface area contributed by atoms with Crippen molar-refractivity contribution in [1.29, 1.82) is 0 Å². The minimum absolute atomic E-state index is 0.0232. The van der Waals surface area contributed by atoms with Crippen LogP contribution in [0.25, 0.3) is 0 Å². The number of carbonyl (C=O) groups is 2. The van der Waals surface area contributed by atoms with Crippen LogP contribution in [0, 0.1) is 5.92 Å². The number of hydrogen-bond acceptors (Lipinski definition) is 3. The van der Waals surface area contributed by atoms with Gasteiger partial charge in [0.2, 0.25) is 0 Å². The van der Waals surface area contributed by atoms with E-state index in [2.05, 4.69) is 10.2 Å². The van der Waals surface area contributed by atoms with Crippen LogP contribution >= 0.6 is 0 Å². The third-order valence-corrected chi connectivity index (χ3v) is 5.42. The number of nitrogens with one attached hydrogen (secondary N) is 1. The van der Waals surface area contributed by atoms with Gasteiger partial charge in [0.15, 0.2) is 5.78 Å². The second-order valence-electron chi connectivity index (χ2n) is 6.99. The van der Waals surface area contributed by atoms with E-state index in [0.29, 0.717) is 22.6 Å². The molecule has 0 spiro atoms. The van der Waals surface area contributed by atoms with Crippen molar-refractivity contribution < 1.29 is 9.59 Å². The summed E-state index contributed by atoms with van der Waals surface area (Å²) in [6.07, 6.45) is 2.35. The molecule has 1 atom stereocenters. The largest absolute Gasteiger partial charge is 0.348 e. The minimum Gasteiger partial charge on any atom is -0.348 e. The predicted octanol–water partition coefficient (Wildman–Crippen LogP) is 2.74. The Morgan fingerprint density at radius 1 is 0.840 bits per heavy atom. The van der Waals surface area contributed by atoms with Crippen molar-refractivity contribution in [2.45, 2.75) is 18.9 Å². The molecule has 25 heavy (non-hydrogen) atoms. The lowest BCUT2D eigenvalue weighted by molar-refractivity contribution is 0.0620. The van der Waals surface area contributed by atoms with E-state index >= 15 is 0 Å². The first-order valence-corrected chi connectivity index (χ1v) is 8.94. The van der Waals surface area contributed by atoms with Gasteiger partial charge in [-0.2, -0.15) is 0 Å². The summed E-state index contributed by atoms with van der Waals surface area (Å²) >= 11 is 0. The topological polar surface area (TPSA) is 49.4 Å². The van der Waals surface area contributed by atoms with E-state index < -0.39 is 0 Å². The molecule has 2 bridgehead atoms. The number of ketones is 1. The third kappa shape index (κ3) is 3.35. The molecule has 4 heteroatoms. The molecule has 4 nitrogen and oxygen atoms in total. The second-order valence-corrected chi connectivity index (χ2v) is 6.99. The summed E-state index contributed by atoms with van der Waals surface area (Å²) in [5.41, 5.74) is 1.87. The summed E-state index contributed by atoms with van der Waals surface area (Å²) in [4.78, 5) is 27.4. The molecule has 1 N–H and O–H groups in total. The van der Waals surface area contributed by atoms with Gasteiger partial charge < -0.3 is 10.2 Å². The van der Waals surface area contributed by atoms with Crippen LogP contribution in [-0.4, -0.2) is 42.3 Å². The number of amides is 1.